The molecule has 15 heavy (non-hydrogen) atoms. The molecule has 1 atom stereocenters. The molecule has 4 heteroatoms. The summed E-state index contributed by atoms with van der Waals surface area (Å²) < 4.78 is 5.30. The lowest BCUT2D eigenvalue weighted by Crippen LogP contribution is -2.18. The number of hydrogen-bond acceptors (Lipinski definition) is 4. The number of ether oxygens (including phenoxy) is 1. The Labute approximate surface area is 94.1 Å². The van der Waals surface area contributed by atoms with Crippen molar-refractivity contribution in [3.63, 3.8) is 0 Å². The van der Waals surface area contributed by atoms with Crippen LogP contribution in [0.25, 0.3) is 0 Å². The average Bonchev–Trinajstić information content (AvgIpc) is 2.66. The van der Waals surface area contributed by atoms with Crippen LogP contribution in [0, 0.1) is 12.8 Å². The van der Waals surface area contributed by atoms with E-state index in [1.807, 2.05) is 6.92 Å². The summed E-state index contributed by atoms with van der Waals surface area (Å²) in [6.45, 7) is 3.65. The van der Waals surface area contributed by atoms with Crippen molar-refractivity contribution in [3.8, 4) is 0 Å². The number of rotatable bonds is 3. The van der Waals surface area contributed by atoms with Crippen LogP contribution in [0.3, 0.4) is 0 Å². The zero-order valence-corrected chi connectivity index (χ0v) is 9.80. The van der Waals surface area contributed by atoms with Crippen molar-refractivity contribution >= 4 is 11.3 Å². The molecule has 0 saturated carbocycles. The molecule has 1 aliphatic heterocycles. The highest BCUT2D eigenvalue weighted by Crippen LogP contribution is 2.30. The van der Waals surface area contributed by atoms with Gasteiger partial charge in [0, 0.05) is 13.2 Å². The Kier molecular flexibility index (Phi) is 3.72. The van der Waals surface area contributed by atoms with Crippen LogP contribution in [-0.4, -0.2) is 23.3 Å². The van der Waals surface area contributed by atoms with Crippen LogP contribution in [0.5, 0.6) is 0 Å². The van der Waals surface area contributed by atoms with Gasteiger partial charge in [0.2, 0.25) is 0 Å². The average molecular weight is 227 g/mol. The molecule has 1 aromatic heterocycles. The first-order chi connectivity index (χ1) is 7.27. The molecule has 1 fully saturated rings. The first kappa shape index (κ1) is 11.0. The summed E-state index contributed by atoms with van der Waals surface area (Å²) in [7, 11) is 0. The lowest BCUT2D eigenvalue weighted by atomic mass is 9.93. The predicted molar refractivity (Wildman–Crippen MR) is 60.0 cm³/mol. The first-order valence-corrected chi connectivity index (χ1v) is 6.31. The van der Waals surface area contributed by atoms with Crippen molar-refractivity contribution in [2.24, 2.45) is 5.92 Å². The normalized spacial score (nSPS) is 20.4. The molecule has 1 aromatic rings. The number of thiazole rings is 1. The van der Waals surface area contributed by atoms with E-state index in [0.29, 0.717) is 5.92 Å². The fourth-order valence-corrected chi connectivity index (χ4v) is 2.84. The zero-order valence-electron chi connectivity index (χ0n) is 8.98. The number of hydrogen-bond donors (Lipinski definition) is 1. The maximum Gasteiger partial charge on any atom is 0.0903 e. The molecule has 0 spiro atoms. The van der Waals surface area contributed by atoms with Gasteiger partial charge in [-0.3, -0.25) is 0 Å². The third-order valence-electron chi connectivity index (χ3n) is 2.98. The van der Waals surface area contributed by atoms with Gasteiger partial charge >= 0.3 is 0 Å². The Morgan fingerprint density at radius 3 is 2.93 bits per heavy atom. The van der Waals surface area contributed by atoms with E-state index in [2.05, 4.69) is 4.98 Å². The van der Waals surface area contributed by atoms with Gasteiger partial charge in [-0.2, -0.15) is 0 Å². The second kappa shape index (κ2) is 5.05. The smallest absolute Gasteiger partial charge is 0.0903 e. The summed E-state index contributed by atoms with van der Waals surface area (Å²) in [5.74, 6) is 0.607. The van der Waals surface area contributed by atoms with Crippen LogP contribution in [0.4, 0.5) is 0 Å². The molecule has 0 bridgehead atoms. The first-order valence-electron chi connectivity index (χ1n) is 5.43. The predicted octanol–water partition coefficient (Wildman–Crippen LogP) is 2.30. The maximum atomic E-state index is 10.1. The van der Waals surface area contributed by atoms with Crippen LogP contribution in [0.15, 0.2) is 5.51 Å². The summed E-state index contributed by atoms with van der Waals surface area (Å²) in [5, 5.41) is 10.1. The Morgan fingerprint density at radius 1 is 1.60 bits per heavy atom. The second-order valence-corrected chi connectivity index (χ2v) is 5.00. The molecule has 1 N–H and O–H groups in total. The zero-order chi connectivity index (χ0) is 10.7. The molecule has 2 rings (SSSR count). The second-order valence-electron chi connectivity index (χ2n) is 4.11. The molecular formula is C11H17NO2S. The van der Waals surface area contributed by atoms with Crippen molar-refractivity contribution in [1.29, 1.82) is 0 Å². The highest BCUT2D eigenvalue weighted by molar-refractivity contribution is 7.09. The van der Waals surface area contributed by atoms with Gasteiger partial charge in [0.1, 0.15) is 0 Å². The van der Waals surface area contributed by atoms with E-state index in [1.54, 1.807) is 16.8 Å². The van der Waals surface area contributed by atoms with Gasteiger partial charge < -0.3 is 9.84 Å². The van der Waals surface area contributed by atoms with Crippen LogP contribution in [0.2, 0.25) is 0 Å². The molecule has 0 amide bonds. The van der Waals surface area contributed by atoms with Gasteiger partial charge in [-0.25, -0.2) is 4.98 Å². The Bertz CT molecular complexity index is 307. The Morgan fingerprint density at radius 2 is 2.33 bits per heavy atom. The highest BCUT2D eigenvalue weighted by atomic mass is 32.1. The van der Waals surface area contributed by atoms with E-state index in [1.165, 1.54) is 0 Å². The van der Waals surface area contributed by atoms with Crippen molar-refractivity contribution in [1.82, 2.24) is 4.98 Å². The third-order valence-corrected chi connectivity index (χ3v) is 4.01. The molecule has 2 heterocycles. The van der Waals surface area contributed by atoms with Gasteiger partial charge in [-0.1, -0.05) is 0 Å². The van der Waals surface area contributed by atoms with Gasteiger partial charge in [0.15, 0.2) is 0 Å². The maximum absolute atomic E-state index is 10.1. The number of aliphatic hydroxyl groups excluding tert-OH is 1. The standard InChI is InChI=1S/C11H17NO2S/c1-8-11(15-7-12-8)10(13)6-9-2-4-14-5-3-9/h7,9-10,13H,2-6H2,1H3. The molecule has 1 saturated heterocycles. The highest BCUT2D eigenvalue weighted by Gasteiger charge is 2.20. The Balaban J connectivity index is 1.91. The van der Waals surface area contributed by atoms with Crippen LogP contribution < -0.4 is 0 Å². The van der Waals surface area contributed by atoms with Gasteiger partial charge in [0.05, 0.1) is 22.2 Å². The molecule has 1 unspecified atom stereocenters. The lowest BCUT2D eigenvalue weighted by Gasteiger charge is -2.23. The monoisotopic (exact) mass is 227 g/mol. The van der Waals surface area contributed by atoms with E-state index < -0.39 is 0 Å². The molecule has 84 valence electrons. The molecule has 1 aliphatic rings. The summed E-state index contributed by atoms with van der Waals surface area (Å²) in [4.78, 5) is 5.19. The summed E-state index contributed by atoms with van der Waals surface area (Å²) in [6, 6.07) is 0. The van der Waals surface area contributed by atoms with Crippen molar-refractivity contribution in [3.05, 3.63) is 16.1 Å². The summed E-state index contributed by atoms with van der Waals surface area (Å²) >= 11 is 1.55. The minimum Gasteiger partial charge on any atom is -0.387 e. The summed E-state index contributed by atoms with van der Waals surface area (Å²) in [5.41, 5.74) is 2.78. The number of aliphatic hydroxyl groups is 1. The van der Waals surface area contributed by atoms with Crippen LogP contribution in [-0.2, 0) is 4.74 Å². The van der Waals surface area contributed by atoms with Crippen LogP contribution in [0.1, 0.15) is 35.9 Å². The quantitative estimate of drug-likeness (QED) is 0.861. The van der Waals surface area contributed by atoms with Crippen LogP contribution >= 0.6 is 11.3 Å². The molecular weight excluding hydrogens is 210 g/mol. The SMILES string of the molecule is Cc1ncsc1C(O)CC1CCOCC1. The minimum atomic E-state index is -0.333. The van der Waals surface area contributed by atoms with E-state index in [4.69, 9.17) is 4.74 Å². The topological polar surface area (TPSA) is 42.4 Å². The fraction of sp³-hybridized carbons (Fsp3) is 0.727. The van der Waals surface area contributed by atoms with E-state index in [0.717, 1.165) is 43.0 Å². The van der Waals surface area contributed by atoms with Gasteiger partial charge in [-0.15, -0.1) is 11.3 Å². The molecule has 3 nitrogen and oxygen atoms in total. The minimum absolute atomic E-state index is 0.333. The van der Waals surface area contributed by atoms with E-state index in [9.17, 15) is 5.11 Å². The van der Waals surface area contributed by atoms with E-state index >= 15 is 0 Å². The largest absolute Gasteiger partial charge is 0.387 e. The Hall–Kier alpha value is -0.450. The molecule has 0 radical (unpaired) electrons. The number of nitrogens with zero attached hydrogens (tertiary/aromatic N) is 1. The van der Waals surface area contributed by atoms with Gasteiger partial charge in [0.25, 0.3) is 0 Å². The third kappa shape index (κ3) is 2.77. The van der Waals surface area contributed by atoms with Crippen molar-refractivity contribution < 1.29 is 9.84 Å². The van der Waals surface area contributed by atoms with Crippen molar-refractivity contribution in [2.45, 2.75) is 32.3 Å². The number of aromatic nitrogens is 1. The van der Waals surface area contributed by atoms with Gasteiger partial charge in [-0.05, 0) is 32.1 Å². The number of aryl methyl sites for hydroxylation is 1. The van der Waals surface area contributed by atoms with Crippen molar-refractivity contribution in [2.75, 3.05) is 13.2 Å². The lowest BCUT2D eigenvalue weighted by molar-refractivity contribution is 0.0440. The molecule has 0 aliphatic carbocycles. The summed E-state index contributed by atoms with van der Waals surface area (Å²) in [6.07, 6.45) is 2.68. The molecule has 0 aromatic carbocycles. The van der Waals surface area contributed by atoms with E-state index in [-0.39, 0.29) is 6.10 Å². The fourth-order valence-electron chi connectivity index (χ4n) is 2.04.